The van der Waals surface area contributed by atoms with Crippen molar-refractivity contribution >= 4 is 23.0 Å². The quantitative estimate of drug-likeness (QED) is 0.621. The molecule has 0 fully saturated rings. The van der Waals surface area contributed by atoms with E-state index >= 15 is 0 Å². The van der Waals surface area contributed by atoms with Crippen LogP contribution < -0.4 is 9.64 Å². The van der Waals surface area contributed by atoms with Crippen molar-refractivity contribution in [3.05, 3.63) is 63.2 Å². The van der Waals surface area contributed by atoms with Crippen molar-refractivity contribution < 1.29 is 9.66 Å². The first-order chi connectivity index (χ1) is 10.0. The molecule has 6 heteroatoms. The molecular weight excluding hydrogens is 292 g/mol. The van der Waals surface area contributed by atoms with Crippen LogP contribution in [-0.2, 0) is 6.54 Å². The van der Waals surface area contributed by atoms with Crippen LogP contribution in [0.4, 0.5) is 11.4 Å². The zero-order valence-electron chi connectivity index (χ0n) is 11.7. The standard InChI is InChI=1S/C15H15ClN2O3/c1-17(13-4-6-14(7-5-13)18(19)20)10-11-9-12(16)3-8-15(11)21-2/h3-9H,10H2,1-2H3. The predicted molar refractivity (Wildman–Crippen MR) is 83.2 cm³/mol. The number of anilines is 1. The minimum Gasteiger partial charge on any atom is -0.496 e. The lowest BCUT2D eigenvalue weighted by atomic mass is 10.1. The highest BCUT2D eigenvalue weighted by atomic mass is 35.5. The van der Waals surface area contributed by atoms with Gasteiger partial charge in [0.25, 0.3) is 5.69 Å². The molecule has 2 rings (SSSR count). The molecule has 0 amide bonds. The first-order valence-corrected chi connectivity index (χ1v) is 6.67. The largest absolute Gasteiger partial charge is 0.496 e. The van der Waals surface area contributed by atoms with Crippen molar-refractivity contribution in [2.75, 3.05) is 19.1 Å². The number of methoxy groups -OCH3 is 1. The van der Waals surface area contributed by atoms with Gasteiger partial charge in [-0.05, 0) is 30.3 Å². The molecule has 0 heterocycles. The topological polar surface area (TPSA) is 55.6 Å². The van der Waals surface area contributed by atoms with Crippen molar-refractivity contribution in [2.45, 2.75) is 6.54 Å². The zero-order valence-corrected chi connectivity index (χ0v) is 12.5. The lowest BCUT2D eigenvalue weighted by Gasteiger charge is -2.20. The van der Waals surface area contributed by atoms with E-state index in [2.05, 4.69) is 0 Å². The molecule has 0 aliphatic carbocycles. The third-order valence-corrected chi connectivity index (χ3v) is 3.39. The van der Waals surface area contributed by atoms with Crippen molar-refractivity contribution in [1.29, 1.82) is 0 Å². The molecular formula is C15H15ClN2O3. The lowest BCUT2D eigenvalue weighted by molar-refractivity contribution is -0.384. The summed E-state index contributed by atoms with van der Waals surface area (Å²) in [6.07, 6.45) is 0. The van der Waals surface area contributed by atoms with Gasteiger partial charge in [0.05, 0.1) is 12.0 Å². The molecule has 0 spiro atoms. The van der Waals surface area contributed by atoms with Crippen molar-refractivity contribution in [3.63, 3.8) is 0 Å². The van der Waals surface area contributed by atoms with Crippen LogP contribution in [0.15, 0.2) is 42.5 Å². The fourth-order valence-corrected chi connectivity index (χ4v) is 2.24. The number of hydrogen-bond acceptors (Lipinski definition) is 4. The molecule has 2 aromatic carbocycles. The molecule has 0 aliphatic rings. The SMILES string of the molecule is COc1ccc(Cl)cc1CN(C)c1ccc([N+](=O)[O-])cc1. The summed E-state index contributed by atoms with van der Waals surface area (Å²) in [7, 11) is 3.51. The van der Waals surface area contributed by atoms with E-state index in [9.17, 15) is 10.1 Å². The van der Waals surface area contributed by atoms with Gasteiger partial charge in [0.1, 0.15) is 5.75 Å². The van der Waals surface area contributed by atoms with Gasteiger partial charge in [-0.2, -0.15) is 0 Å². The van der Waals surface area contributed by atoms with Crippen LogP contribution in [0.1, 0.15) is 5.56 Å². The highest BCUT2D eigenvalue weighted by Gasteiger charge is 2.10. The Morgan fingerprint density at radius 3 is 2.48 bits per heavy atom. The van der Waals surface area contributed by atoms with Gasteiger partial charge in [0, 0.05) is 42.0 Å². The molecule has 0 saturated carbocycles. The second-order valence-electron chi connectivity index (χ2n) is 4.59. The monoisotopic (exact) mass is 306 g/mol. The van der Waals surface area contributed by atoms with Gasteiger partial charge < -0.3 is 9.64 Å². The summed E-state index contributed by atoms with van der Waals surface area (Å²) < 4.78 is 5.31. The average Bonchev–Trinajstić information content (AvgIpc) is 2.47. The van der Waals surface area contributed by atoms with Crippen LogP contribution in [0.5, 0.6) is 5.75 Å². The summed E-state index contributed by atoms with van der Waals surface area (Å²) in [5.41, 5.74) is 1.90. The molecule has 0 unspecified atom stereocenters. The summed E-state index contributed by atoms with van der Waals surface area (Å²) in [6.45, 7) is 0.585. The fraction of sp³-hybridized carbons (Fsp3) is 0.200. The summed E-state index contributed by atoms with van der Waals surface area (Å²) in [6, 6.07) is 11.9. The maximum Gasteiger partial charge on any atom is 0.269 e. The number of non-ortho nitro benzene ring substituents is 1. The minimum atomic E-state index is -0.413. The van der Waals surface area contributed by atoms with Gasteiger partial charge in [-0.15, -0.1) is 0 Å². The van der Waals surface area contributed by atoms with Gasteiger partial charge in [0.15, 0.2) is 0 Å². The van der Waals surface area contributed by atoms with E-state index in [1.165, 1.54) is 12.1 Å². The van der Waals surface area contributed by atoms with Crippen LogP contribution in [0.2, 0.25) is 5.02 Å². The second-order valence-corrected chi connectivity index (χ2v) is 5.02. The fourth-order valence-electron chi connectivity index (χ4n) is 2.05. The van der Waals surface area contributed by atoms with Crippen LogP contribution in [0.25, 0.3) is 0 Å². The molecule has 2 aromatic rings. The van der Waals surface area contributed by atoms with Crippen molar-refractivity contribution in [2.24, 2.45) is 0 Å². The van der Waals surface area contributed by atoms with E-state index in [1.807, 2.05) is 24.1 Å². The number of halogens is 1. The average molecular weight is 307 g/mol. The molecule has 0 N–H and O–H groups in total. The van der Waals surface area contributed by atoms with Crippen molar-refractivity contribution in [3.8, 4) is 5.75 Å². The molecule has 0 bridgehead atoms. The highest BCUT2D eigenvalue weighted by Crippen LogP contribution is 2.26. The van der Waals surface area contributed by atoms with E-state index < -0.39 is 4.92 Å². The Balaban J connectivity index is 2.19. The second kappa shape index (κ2) is 6.45. The number of ether oxygens (including phenoxy) is 1. The molecule has 0 aromatic heterocycles. The number of benzene rings is 2. The van der Waals surface area contributed by atoms with E-state index in [-0.39, 0.29) is 5.69 Å². The predicted octanol–water partition coefficient (Wildman–Crippen LogP) is 3.89. The zero-order chi connectivity index (χ0) is 15.4. The number of hydrogen-bond donors (Lipinski definition) is 0. The van der Waals surface area contributed by atoms with Gasteiger partial charge in [-0.3, -0.25) is 10.1 Å². The summed E-state index contributed by atoms with van der Waals surface area (Å²) in [5, 5.41) is 11.3. The molecule has 0 saturated heterocycles. The van der Waals surface area contributed by atoms with E-state index in [1.54, 1.807) is 25.3 Å². The summed E-state index contributed by atoms with van der Waals surface area (Å²) in [5.74, 6) is 0.758. The number of nitrogens with zero attached hydrogens (tertiary/aromatic N) is 2. The minimum absolute atomic E-state index is 0.0764. The molecule has 5 nitrogen and oxygen atoms in total. The first kappa shape index (κ1) is 15.1. The lowest BCUT2D eigenvalue weighted by Crippen LogP contribution is -2.16. The number of nitro benzene ring substituents is 1. The Labute approximate surface area is 127 Å². The van der Waals surface area contributed by atoms with Gasteiger partial charge >= 0.3 is 0 Å². The Morgan fingerprint density at radius 1 is 1.24 bits per heavy atom. The molecule has 0 atom stereocenters. The highest BCUT2D eigenvalue weighted by molar-refractivity contribution is 6.30. The Bertz CT molecular complexity index is 644. The summed E-state index contributed by atoms with van der Waals surface area (Å²) in [4.78, 5) is 12.2. The van der Waals surface area contributed by atoms with Crippen LogP contribution in [-0.4, -0.2) is 19.1 Å². The third kappa shape index (κ3) is 3.64. The Morgan fingerprint density at radius 2 is 1.90 bits per heavy atom. The van der Waals surface area contributed by atoms with Crippen LogP contribution in [0.3, 0.4) is 0 Å². The smallest absolute Gasteiger partial charge is 0.269 e. The molecule has 0 radical (unpaired) electrons. The van der Waals surface area contributed by atoms with E-state index in [0.29, 0.717) is 11.6 Å². The maximum absolute atomic E-state index is 10.7. The normalized spacial score (nSPS) is 10.2. The van der Waals surface area contributed by atoms with E-state index in [0.717, 1.165) is 17.0 Å². The van der Waals surface area contributed by atoms with Crippen molar-refractivity contribution in [1.82, 2.24) is 0 Å². The molecule has 110 valence electrons. The van der Waals surface area contributed by atoms with Gasteiger partial charge in [0.2, 0.25) is 0 Å². The summed E-state index contributed by atoms with van der Waals surface area (Å²) >= 11 is 6.01. The number of nitro groups is 1. The Hall–Kier alpha value is -2.27. The van der Waals surface area contributed by atoms with E-state index in [4.69, 9.17) is 16.3 Å². The first-order valence-electron chi connectivity index (χ1n) is 6.29. The van der Waals surface area contributed by atoms with Crippen LogP contribution in [0, 0.1) is 10.1 Å². The number of rotatable bonds is 5. The Kier molecular flexibility index (Phi) is 4.65. The van der Waals surface area contributed by atoms with Crippen LogP contribution >= 0.6 is 11.6 Å². The third-order valence-electron chi connectivity index (χ3n) is 3.15. The molecule has 21 heavy (non-hydrogen) atoms. The van der Waals surface area contributed by atoms with Gasteiger partial charge in [-0.25, -0.2) is 0 Å². The maximum atomic E-state index is 10.7. The van der Waals surface area contributed by atoms with Gasteiger partial charge in [-0.1, -0.05) is 11.6 Å². The molecule has 0 aliphatic heterocycles.